The molecule has 1 aromatic heterocycles. The minimum atomic E-state index is 0.844. The second-order valence-electron chi connectivity index (χ2n) is 6.10. The van der Waals surface area contributed by atoms with Crippen LogP contribution in [0.1, 0.15) is 49.7 Å². The highest BCUT2D eigenvalue weighted by Crippen LogP contribution is 2.44. The summed E-state index contributed by atoms with van der Waals surface area (Å²) < 4.78 is 0. The molecule has 0 bridgehead atoms. The van der Waals surface area contributed by atoms with Gasteiger partial charge in [0.1, 0.15) is 0 Å². The third kappa shape index (κ3) is 3.49. The second kappa shape index (κ2) is 7.13. The lowest BCUT2D eigenvalue weighted by atomic mass is 9.73. The Morgan fingerprint density at radius 1 is 1.14 bits per heavy atom. The molecule has 0 saturated heterocycles. The van der Waals surface area contributed by atoms with Gasteiger partial charge in [-0.05, 0) is 59.1 Å². The first-order valence-electron chi connectivity index (χ1n) is 8.22. The average Bonchev–Trinajstić information content (AvgIpc) is 3.14. The van der Waals surface area contributed by atoms with Gasteiger partial charge >= 0.3 is 0 Å². The fourth-order valence-electron chi connectivity index (χ4n) is 3.63. The maximum Gasteiger partial charge on any atom is 0.0375 e. The van der Waals surface area contributed by atoms with Crippen LogP contribution < -0.4 is 5.32 Å². The van der Waals surface area contributed by atoms with E-state index in [2.05, 4.69) is 30.4 Å². The zero-order valence-electron chi connectivity index (χ0n) is 12.8. The van der Waals surface area contributed by atoms with Crippen molar-refractivity contribution in [1.82, 2.24) is 0 Å². The van der Waals surface area contributed by atoms with Gasteiger partial charge < -0.3 is 5.32 Å². The lowest BCUT2D eigenvalue weighted by Gasteiger charge is -2.38. The van der Waals surface area contributed by atoms with Crippen LogP contribution in [0.2, 0.25) is 0 Å². The van der Waals surface area contributed by atoms with Gasteiger partial charge in [0, 0.05) is 12.2 Å². The minimum Gasteiger partial charge on any atom is -0.385 e. The third-order valence-electron chi connectivity index (χ3n) is 4.81. The van der Waals surface area contributed by atoms with E-state index in [1.54, 1.807) is 16.9 Å². The van der Waals surface area contributed by atoms with E-state index >= 15 is 0 Å². The maximum absolute atomic E-state index is 3.61. The average molecular weight is 299 g/mol. The van der Waals surface area contributed by atoms with Gasteiger partial charge in [-0.25, -0.2) is 0 Å². The number of anilines is 1. The van der Waals surface area contributed by atoms with Gasteiger partial charge in [0.2, 0.25) is 0 Å². The number of aryl methyl sites for hydroxylation is 1. The molecule has 112 valence electrons. The molecule has 1 aromatic carbocycles. The molecule has 21 heavy (non-hydrogen) atoms. The van der Waals surface area contributed by atoms with Gasteiger partial charge in [0.05, 0.1) is 0 Å². The molecule has 0 amide bonds. The summed E-state index contributed by atoms with van der Waals surface area (Å²) >= 11 is 1.71. The van der Waals surface area contributed by atoms with Crippen molar-refractivity contribution in [2.75, 3.05) is 11.9 Å². The summed E-state index contributed by atoms with van der Waals surface area (Å²) in [6, 6.07) is 11.0. The standard InChI is InChI=1S/C15H21N.C4H4S/c1-2-11-7-8-15-14(9-11)13-6-4-3-5-12(13)10-16-15;1-2-4-5-3-1/h7-9,12-13,16H,2-6,10H2,1H3;1-4H. The molecule has 1 nitrogen and oxygen atoms in total. The van der Waals surface area contributed by atoms with Crippen LogP contribution in [-0.2, 0) is 6.42 Å². The number of rotatable bonds is 1. The number of benzene rings is 1. The smallest absolute Gasteiger partial charge is 0.0375 e. The summed E-state index contributed by atoms with van der Waals surface area (Å²) in [5, 5.41) is 7.70. The molecule has 2 aliphatic rings. The first-order valence-corrected chi connectivity index (χ1v) is 9.16. The van der Waals surface area contributed by atoms with Crippen molar-refractivity contribution in [2.24, 2.45) is 5.92 Å². The van der Waals surface area contributed by atoms with E-state index in [1.165, 1.54) is 43.5 Å². The third-order valence-corrected chi connectivity index (χ3v) is 5.44. The number of hydrogen-bond acceptors (Lipinski definition) is 2. The van der Waals surface area contributed by atoms with Crippen LogP contribution in [0.25, 0.3) is 0 Å². The molecule has 1 aliphatic carbocycles. The number of fused-ring (bicyclic) bond motifs is 3. The Labute approximate surface area is 132 Å². The van der Waals surface area contributed by atoms with Crippen molar-refractivity contribution >= 4 is 17.0 Å². The first kappa shape index (κ1) is 14.6. The lowest BCUT2D eigenvalue weighted by molar-refractivity contribution is 0.313. The zero-order valence-corrected chi connectivity index (χ0v) is 13.7. The van der Waals surface area contributed by atoms with E-state index in [0.717, 1.165) is 18.3 Å². The number of nitrogens with one attached hydrogen (secondary N) is 1. The normalized spacial score (nSPS) is 23.1. The molecule has 2 unspecified atom stereocenters. The SMILES string of the molecule is CCc1ccc2c(c1)C1CCCCC1CN2.c1ccsc1. The van der Waals surface area contributed by atoms with Crippen LogP contribution in [0.5, 0.6) is 0 Å². The lowest BCUT2D eigenvalue weighted by Crippen LogP contribution is -2.30. The molecule has 2 atom stereocenters. The Morgan fingerprint density at radius 3 is 2.67 bits per heavy atom. The predicted molar refractivity (Wildman–Crippen MR) is 93.3 cm³/mol. The summed E-state index contributed by atoms with van der Waals surface area (Å²) in [7, 11) is 0. The highest BCUT2D eigenvalue weighted by Gasteiger charge is 2.31. The van der Waals surface area contributed by atoms with E-state index in [4.69, 9.17) is 0 Å². The van der Waals surface area contributed by atoms with Crippen LogP contribution in [-0.4, -0.2) is 6.54 Å². The molecular weight excluding hydrogens is 274 g/mol. The van der Waals surface area contributed by atoms with Crippen LogP contribution in [0.3, 0.4) is 0 Å². The highest BCUT2D eigenvalue weighted by atomic mass is 32.1. The monoisotopic (exact) mass is 299 g/mol. The molecule has 2 heterocycles. The molecule has 1 fully saturated rings. The number of hydrogen-bond donors (Lipinski definition) is 1. The van der Waals surface area contributed by atoms with Crippen LogP contribution in [0.4, 0.5) is 5.69 Å². The Morgan fingerprint density at radius 2 is 1.95 bits per heavy atom. The molecule has 1 aliphatic heterocycles. The number of thiophene rings is 1. The maximum atomic E-state index is 3.61. The van der Waals surface area contributed by atoms with Crippen LogP contribution in [0, 0.1) is 5.92 Å². The summed E-state index contributed by atoms with van der Waals surface area (Å²) in [5.74, 6) is 1.74. The molecule has 0 spiro atoms. The topological polar surface area (TPSA) is 12.0 Å². The summed E-state index contributed by atoms with van der Waals surface area (Å²) in [4.78, 5) is 0. The van der Waals surface area contributed by atoms with Crippen molar-refractivity contribution < 1.29 is 0 Å². The summed E-state index contributed by atoms with van der Waals surface area (Å²) in [5.41, 5.74) is 4.50. The van der Waals surface area contributed by atoms with E-state index in [1.807, 2.05) is 22.9 Å². The second-order valence-corrected chi connectivity index (χ2v) is 6.92. The van der Waals surface area contributed by atoms with Crippen molar-refractivity contribution in [2.45, 2.75) is 44.9 Å². The molecular formula is C19H25NS. The van der Waals surface area contributed by atoms with Gasteiger partial charge in [-0.1, -0.05) is 44.0 Å². The molecule has 1 saturated carbocycles. The largest absolute Gasteiger partial charge is 0.385 e. The van der Waals surface area contributed by atoms with Gasteiger partial charge in [-0.3, -0.25) is 0 Å². The zero-order chi connectivity index (χ0) is 14.5. The Hall–Kier alpha value is -1.28. The molecule has 2 heteroatoms. The van der Waals surface area contributed by atoms with Crippen LogP contribution >= 0.6 is 11.3 Å². The van der Waals surface area contributed by atoms with E-state index in [0.29, 0.717) is 0 Å². The van der Waals surface area contributed by atoms with Crippen molar-refractivity contribution in [3.8, 4) is 0 Å². The van der Waals surface area contributed by atoms with Crippen molar-refractivity contribution in [3.05, 3.63) is 52.2 Å². The van der Waals surface area contributed by atoms with E-state index in [-0.39, 0.29) is 0 Å². The Balaban J connectivity index is 0.000000225. The van der Waals surface area contributed by atoms with Crippen LogP contribution in [0.15, 0.2) is 41.1 Å². The van der Waals surface area contributed by atoms with Gasteiger partial charge in [-0.2, -0.15) is 11.3 Å². The summed E-state index contributed by atoms with van der Waals surface area (Å²) in [6.45, 7) is 3.44. The highest BCUT2D eigenvalue weighted by molar-refractivity contribution is 7.07. The fourth-order valence-corrected chi connectivity index (χ4v) is 4.08. The Kier molecular flexibility index (Phi) is 4.97. The summed E-state index contributed by atoms with van der Waals surface area (Å²) in [6.07, 6.45) is 6.85. The van der Waals surface area contributed by atoms with Crippen molar-refractivity contribution in [3.63, 3.8) is 0 Å². The predicted octanol–water partition coefficient (Wildman–Crippen LogP) is 5.70. The molecule has 4 rings (SSSR count). The molecule has 1 N–H and O–H groups in total. The minimum absolute atomic E-state index is 0.844. The van der Waals surface area contributed by atoms with Gasteiger partial charge in [0.15, 0.2) is 0 Å². The van der Waals surface area contributed by atoms with Gasteiger partial charge in [-0.15, -0.1) is 0 Å². The Bertz CT molecular complexity index is 529. The van der Waals surface area contributed by atoms with E-state index < -0.39 is 0 Å². The quantitative estimate of drug-likeness (QED) is 0.712. The fraction of sp³-hybridized carbons (Fsp3) is 0.474. The molecule has 2 aromatic rings. The molecule has 0 radical (unpaired) electrons. The van der Waals surface area contributed by atoms with E-state index in [9.17, 15) is 0 Å². The first-order chi connectivity index (χ1) is 10.4. The van der Waals surface area contributed by atoms with Crippen molar-refractivity contribution in [1.29, 1.82) is 0 Å². The van der Waals surface area contributed by atoms with Gasteiger partial charge in [0.25, 0.3) is 0 Å².